The second-order valence-corrected chi connectivity index (χ2v) is 5.42. The van der Waals surface area contributed by atoms with Crippen molar-refractivity contribution in [1.82, 2.24) is 9.69 Å². The molecule has 1 heterocycles. The third-order valence-corrected chi connectivity index (χ3v) is 3.24. The zero-order valence-electron chi connectivity index (χ0n) is 11.4. The molecular formula is C12H19N3O3S. The zero-order valence-corrected chi connectivity index (χ0v) is 12.2. The molecule has 0 fully saturated rings. The maximum absolute atomic E-state index is 11.7. The number of aromatic nitrogens is 1. The van der Waals surface area contributed by atoms with E-state index >= 15 is 0 Å². The predicted molar refractivity (Wildman–Crippen MR) is 74.0 cm³/mol. The largest absolute Gasteiger partial charge is 0.452 e. The SMILES string of the molecule is Cc1nsc(N)c1C(=O)OCC(=O)NCCC(C)C. The fourth-order valence-electron chi connectivity index (χ4n) is 1.39. The van der Waals surface area contributed by atoms with Gasteiger partial charge in [0.15, 0.2) is 6.61 Å². The van der Waals surface area contributed by atoms with E-state index in [1.54, 1.807) is 6.92 Å². The molecule has 0 aliphatic rings. The summed E-state index contributed by atoms with van der Waals surface area (Å²) in [5.41, 5.74) is 6.39. The molecule has 0 atom stereocenters. The summed E-state index contributed by atoms with van der Waals surface area (Å²) in [7, 11) is 0. The Bertz CT molecular complexity index is 438. The van der Waals surface area contributed by atoms with Crippen LogP contribution in [0.4, 0.5) is 5.00 Å². The molecule has 0 saturated carbocycles. The molecule has 1 aromatic rings. The number of nitrogens with two attached hydrogens (primary N) is 1. The molecule has 0 aliphatic carbocycles. The van der Waals surface area contributed by atoms with Crippen molar-refractivity contribution in [2.24, 2.45) is 5.92 Å². The number of carbonyl (C=O) groups excluding carboxylic acids is 2. The molecule has 0 unspecified atom stereocenters. The van der Waals surface area contributed by atoms with Crippen LogP contribution < -0.4 is 11.1 Å². The van der Waals surface area contributed by atoms with Gasteiger partial charge < -0.3 is 15.8 Å². The van der Waals surface area contributed by atoms with Crippen LogP contribution >= 0.6 is 11.5 Å². The van der Waals surface area contributed by atoms with Gasteiger partial charge in [-0.1, -0.05) is 13.8 Å². The lowest BCUT2D eigenvalue weighted by Crippen LogP contribution is -2.30. The van der Waals surface area contributed by atoms with Crippen LogP contribution in [0.1, 0.15) is 36.3 Å². The Morgan fingerprint density at radius 2 is 2.16 bits per heavy atom. The molecule has 1 aromatic heterocycles. The molecule has 0 radical (unpaired) electrons. The molecule has 0 bridgehead atoms. The van der Waals surface area contributed by atoms with Crippen molar-refractivity contribution >= 4 is 28.4 Å². The highest BCUT2D eigenvalue weighted by Crippen LogP contribution is 2.21. The van der Waals surface area contributed by atoms with Gasteiger partial charge in [0, 0.05) is 6.54 Å². The third kappa shape index (κ3) is 4.86. The Balaban J connectivity index is 2.36. The molecule has 19 heavy (non-hydrogen) atoms. The first kappa shape index (κ1) is 15.4. The fraction of sp³-hybridized carbons (Fsp3) is 0.583. The molecule has 6 nitrogen and oxygen atoms in total. The second kappa shape index (κ2) is 7.08. The van der Waals surface area contributed by atoms with E-state index in [0.717, 1.165) is 18.0 Å². The summed E-state index contributed by atoms with van der Waals surface area (Å²) in [6.07, 6.45) is 0.889. The number of amides is 1. The van der Waals surface area contributed by atoms with Crippen molar-refractivity contribution in [2.45, 2.75) is 27.2 Å². The van der Waals surface area contributed by atoms with Crippen LogP contribution in [-0.4, -0.2) is 29.4 Å². The predicted octanol–water partition coefficient (Wildman–Crippen LogP) is 1.35. The lowest BCUT2D eigenvalue weighted by molar-refractivity contribution is -0.124. The summed E-state index contributed by atoms with van der Waals surface area (Å²) in [5.74, 6) is -0.404. The fourth-order valence-corrected chi connectivity index (χ4v) is 2.04. The third-order valence-electron chi connectivity index (χ3n) is 2.47. The molecule has 1 amide bonds. The van der Waals surface area contributed by atoms with Crippen LogP contribution in [0.25, 0.3) is 0 Å². The van der Waals surface area contributed by atoms with Gasteiger partial charge >= 0.3 is 5.97 Å². The standard InChI is InChI=1S/C12H19N3O3S/c1-7(2)4-5-14-9(16)6-18-12(17)10-8(3)15-19-11(10)13/h7H,4-6,13H2,1-3H3,(H,14,16). The summed E-state index contributed by atoms with van der Waals surface area (Å²) in [5, 5.41) is 2.99. The number of anilines is 1. The van der Waals surface area contributed by atoms with E-state index in [1.165, 1.54) is 0 Å². The first-order valence-electron chi connectivity index (χ1n) is 6.07. The van der Waals surface area contributed by atoms with Crippen LogP contribution in [0.15, 0.2) is 0 Å². The van der Waals surface area contributed by atoms with Crippen molar-refractivity contribution in [2.75, 3.05) is 18.9 Å². The molecule has 3 N–H and O–H groups in total. The number of hydrogen-bond acceptors (Lipinski definition) is 6. The number of nitrogens with one attached hydrogen (secondary N) is 1. The second-order valence-electron chi connectivity index (χ2n) is 4.62. The van der Waals surface area contributed by atoms with Gasteiger partial charge in [0.1, 0.15) is 10.6 Å². The van der Waals surface area contributed by atoms with E-state index < -0.39 is 5.97 Å². The zero-order chi connectivity index (χ0) is 14.4. The number of nitrogen functional groups attached to an aromatic ring is 1. The van der Waals surface area contributed by atoms with E-state index in [0.29, 0.717) is 23.2 Å². The van der Waals surface area contributed by atoms with Gasteiger partial charge in [0.05, 0.1) is 5.69 Å². The number of rotatable bonds is 6. The first-order valence-corrected chi connectivity index (χ1v) is 6.84. The summed E-state index contributed by atoms with van der Waals surface area (Å²) in [6, 6.07) is 0. The van der Waals surface area contributed by atoms with Crippen molar-refractivity contribution < 1.29 is 14.3 Å². The quantitative estimate of drug-likeness (QED) is 0.769. The van der Waals surface area contributed by atoms with Gasteiger partial charge in [-0.25, -0.2) is 4.79 Å². The average molecular weight is 285 g/mol. The number of nitrogens with zero attached hydrogens (tertiary/aromatic N) is 1. The number of esters is 1. The topological polar surface area (TPSA) is 94.3 Å². The van der Waals surface area contributed by atoms with E-state index in [4.69, 9.17) is 10.5 Å². The average Bonchev–Trinajstić information content (AvgIpc) is 2.65. The minimum atomic E-state index is -0.609. The Hall–Kier alpha value is -1.63. The number of carbonyl (C=O) groups is 2. The smallest absolute Gasteiger partial charge is 0.343 e. The molecule has 1 rings (SSSR count). The van der Waals surface area contributed by atoms with Gasteiger partial charge in [0.25, 0.3) is 5.91 Å². The van der Waals surface area contributed by atoms with E-state index in [-0.39, 0.29) is 18.1 Å². The summed E-state index contributed by atoms with van der Waals surface area (Å²) < 4.78 is 8.85. The van der Waals surface area contributed by atoms with Crippen LogP contribution in [0.5, 0.6) is 0 Å². The Kier molecular flexibility index (Phi) is 5.75. The molecule has 106 valence electrons. The molecule has 0 spiro atoms. The van der Waals surface area contributed by atoms with Crippen molar-refractivity contribution in [3.8, 4) is 0 Å². The maximum atomic E-state index is 11.7. The van der Waals surface area contributed by atoms with Gasteiger partial charge in [-0.15, -0.1) is 0 Å². The highest BCUT2D eigenvalue weighted by atomic mass is 32.1. The lowest BCUT2D eigenvalue weighted by atomic mass is 10.1. The van der Waals surface area contributed by atoms with Crippen LogP contribution in [0.2, 0.25) is 0 Å². The summed E-state index contributed by atoms with van der Waals surface area (Å²) >= 11 is 1.04. The van der Waals surface area contributed by atoms with Crippen molar-refractivity contribution in [1.29, 1.82) is 0 Å². The Morgan fingerprint density at radius 1 is 1.47 bits per heavy atom. The van der Waals surface area contributed by atoms with Gasteiger partial charge in [-0.05, 0) is 30.8 Å². The summed E-state index contributed by atoms with van der Waals surface area (Å²) in [4.78, 5) is 23.2. The molecular weight excluding hydrogens is 266 g/mol. The minimum absolute atomic E-state index is 0.250. The Morgan fingerprint density at radius 3 is 2.68 bits per heavy atom. The maximum Gasteiger partial charge on any atom is 0.343 e. The number of aryl methyl sites for hydroxylation is 1. The molecule has 0 aliphatic heterocycles. The summed E-state index contributed by atoms with van der Waals surface area (Å²) in [6.45, 7) is 6.09. The van der Waals surface area contributed by atoms with E-state index in [1.807, 2.05) is 0 Å². The van der Waals surface area contributed by atoms with E-state index in [2.05, 4.69) is 23.5 Å². The van der Waals surface area contributed by atoms with Crippen molar-refractivity contribution in [3.05, 3.63) is 11.3 Å². The van der Waals surface area contributed by atoms with Crippen LogP contribution in [-0.2, 0) is 9.53 Å². The van der Waals surface area contributed by atoms with Gasteiger partial charge in [-0.3, -0.25) is 4.79 Å². The lowest BCUT2D eigenvalue weighted by Gasteiger charge is -2.08. The normalized spacial score (nSPS) is 10.5. The number of ether oxygens (including phenoxy) is 1. The minimum Gasteiger partial charge on any atom is -0.452 e. The van der Waals surface area contributed by atoms with Gasteiger partial charge in [0.2, 0.25) is 0 Å². The monoisotopic (exact) mass is 285 g/mol. The Labute approximate surface area is 116 Å². The molecule has 0 aromatic carbocycles. The number of hydrogen-bond donors (Lipinski definition) is 2. The molecule has 7 heteroatoms. The highest BCUT2D eigenvalue weighted by Gasteiger charge is 2.18. The van der Waals surface area contributed by atoms with Crippen molar-refractivity contribution in [3.63, 3.8) is 0 Å². The van der Waals surface area contributed by atoms with Crippen LogP contribution in [0, 0.1) is 12.8 Å². The first-order chi connectivity index (χ1) is 8.91. The van der Waals surface area contributed by atoms with E-state index in [9.17, 15) is 9.59 Å². The molecule has 0 saturated heterocycles. The van der Waals surface area contributed by atoms with Gasteiger partial charge in [-0.2, -0.15) is 4.37 Å². The highest BCUT2D eigenvalue weighted by molar-refractivity contribution is 7.10. The van der Waals surface area contributed by atoms with Crippen LogP contribution in [0.3, 0.4) is 0 Å².